The maximum absolute atomic E-state index is 9.64. The Morgan fingerprint density at radius 1 is 1.88 bits per heavy atom. The second-order valence-electron chi connectivity index (χ2n) is 0.833. The van der Waals surface area contributed by atoms with Crippen molar-refractivity contribution in [3.63, 3.8) is 0 Å². The van der Waals surface area contributed by atoms with E-state index in [0.29, 0.717) is 6.41 Å². The minimum absolute atomic E-state index is 0.227. The van der Waals surface area contributed by atoms with Crippen molar-refractivity contribution in [3.05, 3.63) is 0 Å². The highest BCUT2D eigenvalue weighted by atomic mass is 31.1. The molecule has 8 heavy (non-hydrogen) atoms. The average Bonchev–Trinajstić information content (AvgIpc) is 1.66. The number of hydrogen-bond acceptors (Lipinski definition) is 3. The monoisotopic (exact) mass is 138 g/mol. The molecule has 0 spiro atoms. The summed E-state index contributed by atoms with van der Waals surface area (Å²) in [4.78, 5) is 17.3. The smallest absolute Gasteiger partial charge is 0.332 e. The topological polar surface area (TPSA) is 75.6 Å². The van der Waals surface area contributed by atoms with Crippen molar-refractivity contribution in [1.82, 2.24) is 5.32 Å². The van der Waals surface area contributed by atoms with Crippen LogP contribution in [0, 0.1) is 0 Å². The quantitative estimate of drug-likeness (QED) is 0.234. The van der Waals surface area contributed by atoms with Gasteiger partial charge in [-0.15, -0.1) is 4.89 Å². The van der Waals surface area contributed by atoms with Crippen molar-refractivity contribution in [2.24, 2.45) is 0 Å². The highest BCUT2D eigenvalue weighted by molar-refractivity contribution is 7.32. The summed E-state index contributed by atoms with van der Waals surface area (Å²) in [6, 6.07) is 0. The van der Waals surface area contributed by atoms with Crippen LogP contribution in [-0.4, -0.2) is 18.0 Å². The van der Waals surface area contributed by atoms with Crippen LogP contribution in [0.4, 0.5) is 0 Å². The molecule has 0 fully saturated rings. The second kappa shape index (κ2) is 4.64. The zero-order valence-corrected chi connectivity index (χ0v) is 4.80. The minimum Gasteiger partial charge on any atom is -0.332 e. The molecule has 2 N–H and O–H groups in total. The van der Waals surface area contributed by atoms with Gasteiger partial charge in [0.05, 0.1) is 0 Å². The van der Waals surface area contributed by atoms with Crippen LogP contribution >= 0.6 is 8.25 Å². The first-order valence-corrected chi connectivity index (χ1v) is 2.86. The second-order valence-corrected chi connectivity index (χ2v) is 1.57. The third-order valence-corrected chi connectivity index (χ3v) is 0.692. The van der Waals surface area contributed by atoms with E-state index >= 15 is 0 Å². The highest BCUT2D eigenvalue weighted by Gasteiger charge is 2.09. The van der Waals surface area contributed by atoms with E-state index in [1.54, 1.807) is 0 Å². The molecular formula is C2H5NO4P+. The van der Waals surface area contributed by atoms with Gasteiger partial charge in [-0.2, -0.15) is 0 Å². The highest BCUT2D eigenvalue weighted by Crippen LogP contribution is 2.11. The summed E-state index contributed by atoms with van der Waals surface area (Å²) in [7, 11) is -2.58. The molecule has 0 aromatic heterocycles. The summed E-state index contributed by atoms with van der Waals surface area (Å²) in [6.07, 6.45) is 0.374. The third kappa shape index (κ3) is 5.49. The molecule has 0 aromatic carbocycles. The first kappa shape index (κ1) is 7.49. The van der Waals surface area contributed by atoms with Crippen molar-refractivity contribution in [2.45, 2.75) is 0 Å². The Morgan fingerprint density at radius 3 is 2.88 bits per heavy atom. The van der Waals surface area contributed by atoms with Gasteiger partial charge in [-0.25, -0.2) is 0 Å². The first-order chi connectivity index (χ1) is 3.77. The number of rotatable bonds is 4. The molecule has 0 aliphatic rings. The van der Waals surface area contributed by atoms with E-state index in [-0.39, 0.29) is 6.73 Å². The Bertz CT molecular complexity index is 94.0. The summed E-state index contributed by atoms with van der Waals surface area (Å²) in [6.45, 7) is -0.227. The van der Waals surface area contributed by atoms with Gasteiger partial charge in [0.1, 0.15) is 0 Å². The van der Waals surface area contributed by atoms with Crippen LogP contribution in [0.3, 0.4) is 0 Å². The molecule has 5 nitrogen and oxygen atoms in total. The summed E-state index contributed by atoms with van der Waals surface area (Å²) >= 11 is 0. The van der Waals surface area contributed by atoms with Gasteiger partial charge in [-0.3, -0.25) is 4.79 Å². The van der Waals surface area contributed by atoms with Crippen LogP contribution in [0.2, 0.25) is 0 Å². The van der Waals surface area contributed by atoms with Crippen molar-refractivity contribution < 1.29 is 18.8 Å². The molecular weight excluding hydrogens is 133 g/mol. The lowest BCUT2D eigenvalue weighted by atomic mass is 11.2. The lowest BCUT2D eigenvalue weighted by Crippen LogP contribution is -2.12. The molecule has 0 rings (SSSR count). The summed E-state index contributed by atoms with van der Waals surface area (Å²) in [5, 5.41) is 2.03. The van der Waals surface area contributed by atoms with Gasteiger partial charge in [0, 0.05) is 4.57 Å². The van der Waals surface area contributed by atoms with Crippen LogP contribution in [0.5, 0.6) is 0 Å². The molecule has 6 heteroatoms. The molecule has 0 aromatic rings. The Balaban J connectivity index is 2.93. The van der Waals surface area contributed by atoms with Crippen LogP contribution in [0.25, 0.3) is 0 Å². The van der Waals surface area contributed by atoms with Crippen LogP contribution in [-0.2, 0) is 13.9 Å². The molecule has 0 aliphatic heterocycles. The molecule has 1 unspecified atom stereocenters. The van der Waals surface area contributed by atoms with Gasteiger partial charge in [-0.1, -0.05) is 4.52 Å². The molecule has 1 atom stereocenters. The van der Waals surface area contributed by atoms with Crippen molar-refractivity contribution in [2.75, 3.05) is 6.73 Å². The summed E-state index contributed by atoms with van der Waals surface area (Å²) in [5.74, 6) is 0. The third-order valence-electron chi connectivity index (χ3n) is 0.342. The molecule has 0 heterocycles. The molecule has 0 radical (unpaired) electrons. The molecule has 0 saturated carbocycles. The Hall–Kier alpha value is -0.510. The Kier molecular flexibility index (Phi) is 4.35. The fourth-order valence-corrected chi connectivity index (χ4v) is 0.311. The molecule has 0 bridgehead atoms. The first-order valence-electron chi connectivity index (χ1n) is 1.73. The van der Waals surface area contributed by atoms with Crippen molar-refractivity contribution in [1.29, 1.82) is 0 Å². The van der Waals surface area contributed by atoms with Crippen LogP contribution in [0.1, 0.15) is 0 Å². The molecule has 0 aliphatic carbocycles. The Labute approximate surface area is 46.6 Å². The molecule has 1 amide bonds. The van der Waals surface area contributed by atoms with Crippen LogP contribution in [0.15, 0.2) is 0 Å². The van der Waals surface area contributed by atoms with Gasteiger partial charge >= 0.3 is 8.25 Å². The van der Waals surface area contributed by atoms with E-state index in [1.807, 2.05) is 5.32 Å². The van der Waals surface area contributed by atoms with E-state index in [9.17, 15) is 9.36 Å². The lowest BCUT2D eigenvalue weighted by Gasteiger charge is -1.82. The van der Waals surface area contributed by atoms with E-state index in [4.69, 9.17) is 4.89 Å². The van der Waals surface area contributed by atoms with Crippen molar-refractivity contribution in [3.8, 4) is 0 Å². The number of carbonyl (C=O) groups is 1. The summed E-state index contributed by atoms with van der Waals surface area (Å²) < 4.78 is 13.6. The zero-order chi connectivity index (χ0) is 6.41. The standard InChI is InChI=1S/C2H4NO4P/c4-1-3-2-7-8(5)6/h1H,2H2,(H-,3,4,5,6)/p+1. The van der Waals surface area contributed by atoms with Gasteiger partial charge in [-0.05, 0) is 0 Å². The van der Waals surface area contributed by atoms with Gasteiger partial charge in [0.15, 0.2) is 6.73 Å². The average molecular weight is 138 g/mol. The minimum atomic E-state index is -2.58. The van der Waals surface area contributed by atoms with E-state index in [2.05, 4.69) is 4.52 Å². The maximum Gasteiger partial charge on any atom is 0.696 e. The van der Waals surface area contributed by atoms with E-state index in [0.717, 1.165) is 0 Å². The predicted octanol–water partition coefficient (Wildman–Crippen LogP) is -0.644. The molecule has 0 saturated heterocycles. The fourth-order valence-electron chi connectivity index (χ4n) is 0.127. The summed E-state index contributed by atoms with van der Waals surface area (Å²) in [5.41, 5.74) is 0. The number of carbonyl (C=O) groups excluding carboxylic acids is 1. The Morgan fingerprint density at radius 2 is 2.50 bits per heavy atom. The number of nitrogens with one attached hydrogen (secondary N) is 1. The normalized spacial score (nSPS) is 10.4. The van der Waals surface area contributed by atoms with E-state index < -0.39 is 8.25 Å². The van der Waals surface area contributed by atoms with Crippen molar-refractivity contribution >= 4 is 14.7 Å². The predicted molar refractivity (Wildman–Crippen MR) is 25.0 cm³/mol. The lowest BCUT2D eigenvalue weighted by molar-refractivity contribution is -0.110. The van der Waals surface area contributed by atoms with Gasteiger partial charge in [0.25, 0.3) is 0 Å². The van der Waals surface area contributed by atoms with E-state index in [1.165, 1.54) is 0 Å². The number of hydrogen-bond donors (Lipinski definition) is 2. The van der Waals surface area contributed by atoms with Gasteiger partial charge < -0.3 is 5.32 Å². The SMILES string of the molecule is O=CNCO[P+](=O)O. The molecule has 46 valence electrons. The maximum atomic E-state index is 9.64. The zero-order valence-electron chi connectivity index (χ0n) is 3.90. The number of amides is 1. The largest absolute Gasteiger partial charge is 0.696 e. The fraction of sp³-hybridized carbons (Fsp3) is 0.500. The van der Waals surface area contributed by atoms with Crippen LogP contribution < -0.4 is 5.32 Å². The van der Waals surface area contributed by atoms with Gasteiger partial charge in [0.2, 0.25) is 6.41 Å².